The predicted octanol–water partition coefficient (Wildman–Crippen LogP) is 3.98. The van der Waals surface area contributed by atoms with Gasteiger partial charge in [-0.15, -0.1) is 0 Å². The summed E-state index contributed by atoms with van der Waals surface area (Å²) in [6.45, 7) is 11.9. The summed E-state index contributed by atoms with van der Waals surface area (Å²) in [6.07, 6.45) is 3.72. The fourth-order valence-electron chi connectivity index (χ4n) is 2.38. The van der Waals surface area contributed by atoms with Crippen LogP contribution in [-0.2, 0) is 0 Å². The molecule has 108 valence electrons. The summed E-state index contributed by atoms with van der Waals surface area (Å²) in [4.78, 5) is 2.48. The lowest BCUT2D eigenvalue weighted by Gasteiger charge is -2.26. The number of nitrogens with two attached hydrogens (primary N) is 1. The number of anilines is 1. The first-order valence-corrected chi connectivity index (χ1v) is 7.51. The zero-order valence-corrected chi connectivity index (χ0v) is 13.1. The lowest BCUT2D eigenvalue weighted by atomic mass is 9.87. The highest BCUT2D eigenvalue weighted by Gasteiger charge is 2.15. The highest BCUT2D eigenvalue weighted by molar-refractivity contribution is 5.52. The Morgan fingerprint density at radius 3 is 2.42 bits per heavy atom. The lowest BCUT2D eigenvalue weighted by molar-refractivity contribution is 0.333. The molecular formula is C17H30N2. The molecule has 0 fully saturated rings. The highest BCUT2D eigenvalue weighted by Crippen LogP contribution is 2.23. The Morgan fingerprint density at radius 1 is 1.16 bits per heavy atom. The van der Waals surface area contributed by atoms with Gasteiger partial charge < -0.3 is 10.6 Å². The zero-order chi connectivity index (χ0) is 14.3. The molecule has 2 heteroatoms. The van der Waals surface area contributed by atoms with Gasteiger partial charge in [-0.2, -0.15) is 0 Å². The van der Waals surface area contributed by atoms with Crippen LogP contribution in [0, 0.1) is 12.3 Å². The fourth-order valence-corrected chi connectivity index (χ4v) is 2.38. The summed E-state index contributed by atoms with van der Waals surface area (Å²) < 4.78 is 0. The van der Waals surface area contributed by atoms with E-state index in [1.54, 1.807) is 0 Å². The molecule has 2 nitrogen and oxygen atoms in total. The van der Waals surface area contributed by atoms with Gasteiger partial charge in [0.1, 0.15) is 0 Å². The van der Waals surface area contributed by atoms with Gasteiger partial charge in [0.2, 0.25) is 0 Å². The van der Waals surface area contributed by atoms with Crippen LogP contribution in [0.5, 0.6) is 0 Å². The molecule has 19 heavy (non-hydrogen) atoms. The summed E-state index contributed by atoms with van der Waals surface area (Å²) >= 11 is 0. The maximum absolute atomic E-state index is 5.78. The van der Waals surface area contributed by atoms with E-state index in [0.717, 1.165) is 19.6 Å². The number of para-hydroxylation sites is 1. The number of hydrogen-bond acceptors (Lipinski definition) is 2. The summed E-state index contributed by atoms with van der Waals surface area (Å²) in [7, 11) is 0. The second-order valence-electron chi connectivity index (χ2n) is 6.19. The molecule has 1 aromatic carbocycles. The molecule has 0 atom stereocenters. The first-order valence-electron chi connectivity index (χ1n) is 7.51. The van der Waals surface area contributed by atoms with E-state index in [4.69, 9.17) is 5.73 Å². The molecule has 0 saturated heterocycles. The van der Waals surface area contributed by atoms with Crippen LogP contribution in [0.4, 0.5) is 5.69 Å². The molecule has 0 aliphatic rings. The molecule has 2 N–H and O–H groups in total. The number of nitrogens with zero attached hydrogens (tertiary/aromatic N) is 1. The molecule has 1 rings (SSSR count). The van der Waals surface area contributed by atoms with Gasteiger partial charge in [0.05, 0.1) is 0 Å². The van der Waals surface area contributed by atoms with Gasteiger partial charge in [0.15, 0.2) is 0 Å². The number of benzene rings is 1. The van der Waals surface area contributed by atoms with Crippen LogP contribution in [-0.4, -0.2) is 19.6 Å². The molecule has 0 radical (unpaired) electrons. The Kier molecular flexibility index (Phi) is 6.36. The molecule has 0 saturated carbocycles. The molecule has 0 amide bonds. The largest absolute Gasteiger partial charge is 0.372 e. The number of unbranched alkanes of at least 4 members (excludes halogenated alkanes) is 1. The third-order valence-corrected chi connectivity index (χ3v) is 3.92. The number of aryl methyl sites for hydroxylation is 1. The number of hydrogen-bond donors (Lipinski definition) is 1. The summed E-state index contributed by atoms with van der Waals surface area (Å²) in [5.41, 5.74) is 8.81. The Balaban J connectivity index is 2.44. The van der Waals surface area contributed by atoms with Crippen molar-refractivity contribution in [1.82, 2.24) is 0 Å². The van der Waals surface area contributed by atoms with Crippen molar-refractivity contribution in [2.24, 2.45) is 11.1 Å². The molecule has 0 aliphatic carbocycles. The van der Waals surface area contributed by atoms with Gasteiger partial charge in [-0.05, 0) is 50.3 Å². The van der Waals surface area contributed by atoms with Crippen LogP contribution >= 0.6 is 0 Å². The maximum atomic E-state index is 5.78. The molecule has 1 aromatic rings. The third kappa shape index (κ3) is 5.23. The minimum Gasteiger partial charge on any atom is -0.372 e. The fraction of sp³-hybridized carbons (Fsp3) is 0.647. The maximum Gasteiger partial charge on any atom is 0.0395 e. The summed E-state index contributed by atoms with van der Waals surface area (Å²) in [6, 6.07) is 8.65. The van der Waals surface area contributed by atoms with Gasteiger partial charge >= 0.3 is 0 Å². The minimum atomic E-state index is 0.291. The average Bonchev–Trinajstić information content (AvgIpc) is 2.40. The average molecular weight is 262 g/mol. The van der Waals surface area contributed by atoms with E-state index in [-0.39, 0.29) is 0 Å². The SMILES string of the molecule is CCN(CCCCC(C)(C)CN)c1ccccc1C. The van der Waals surface area contributed by atoms with Crippen molar-refractivity contribution in [3.05, 3.63) is 29.8 Å². The van der Waals surface area contributed by atoms with Gasteiger partial charge in [0, 0.05) is 18.8 Å². The van der Waals surface area contributed by atoms with Crippen molar-refractivity contribution in [2.75, 3.05) is 24.5 Å². The standard InChI is InChI=1S/C17H30N2/c1-5-19(16-11-7-6-10-15(16)2)13-9-8-12-17(3,4)14-18/h6-7,10-11H,5,8-9,12-14,18H2,1-4H3. The third-order valence-electron chi connectivity index (χ3n) is 3.92. The van der Waals surface area contributed by atoms with Crippen molar-refractivity contribution in [3.63, 3.8) is 0 Å². The van der Waals surface area contributed by atoms with E-state index in [1.165, 1.54) is 30.5 Å². The van der Waals surface area contributed by atoms with E-state index in [1.807, 2.05) is 0 Å². The number of rotatable bonds is 8. The van der Waals surface area contributed by atoms with E-state index in [0.29, 0.717) is 5.41 Å². The van der Waals surface area contributed by atoms with Gasteiger partial charge in [0.25, 0.3) is 0 Å². The Hall–Kier alpha value is -1.02. The first kappa shape index (κ1) is 16.0. The molecule has 0 spiro atoms. The second-order valence-corrected chi connectivity index (χ2v) is 6.19. The van der Waals surface area contributed by atoms with Crippen LogP contribution in [0.1, 0.15) is 45.6 Å². The topological polar surface area (TPSA) is 29.3 Å². The normalized spacial score (nSPS) is 11.6. The quantitative estimate of drug-likeness (QED) is 0.718. The van der Waals surface area contributed by atoms with Crippen molar-refractivity contribution in [1.29, 1.82) is 0 Å². The van der Waals surface area contributed by atoms with Crippen LogP contribution in [0.3, 0.4) is 0 Å². The highest BCUT2D eigenvalue weighted by atomic mass is 15.1. The van der Waals surface area contributed by atoms with Crippen molar-refractivity contribution < 1.29 is 0 Å². The molecule has 0 unspecified atom stereocenters. The van der Waals surface area contributed by atoms with Gasteiger partial charge in [-0.25, -0.2) is 0 Å². The summed E-state index contributed by atoms with van der Waals surface area (Å²) in [5.74, 6) is 0. The molecule has 0 bridgehead atoms. The molecule has 0 aromatic heterocycles. The first-order chi connectivity index (χ1) is 9.00. The monoisotopic (exact) mass is 262 g/mol. The van der Waals surface area contributed by atoms with Gasteiger partial charge in [-0.3, -0.25) is 0 Å². The molecule has 0 heterocycles. The van der Waals surface area contributed by atoms with Gasteiger partial charge in [-0.1, -0.05) is 38.5 Å². The van der Waals surface area contributed by atoms with Crippen molar-refractivity contribution in [2.45, 2.75) is 47.0 Å². The van der Waals surface area contributed by atoms with Crippen LogP contribution in [0.15, 0.2) is 24.3 Å². The van der Waals surface area contributed by atoms with E-state index in [2.05, 4.69) is 56.9 Å². The van der Waals surface area contributed by atoms with E-state index >= 15 is 0 Å². The zero-order valence-electron chi connectivity index (χ0n) is 13.1. The van der Waals surface area contributed by atoms with Crippen LogP contribution in [0.2, 0.25) is 0 Å². The van der Waals surface area contributed by atoms with Crippen LogP contribution < -0.4 is 10.6 Å². The van der Waals surface area contributed by atoms with E-state index < -0.39 is 0 Å². The summed E-state index contributed by atoms with van der Waals surface area (Å²) in [5, 5.41) is 0. The molecule has 0 aliphatic heterocycles. The molecular weight excluding hydrogens is 232 g/mol. The Labute approximate surface area is 119 Å². The minimum absolute atomic E-state index is 0.291. The Morgan fingerprint density at radius 2 is 1.84 bits per heavy atom. The Bertz CT molecular complexity index is 371. The second kappa shape index (κ2) is 7.54. The lowest BCUT2D eigenvalue weighted by Crippen LogP contribution is -2.26. The smallest absolute Gasteiger partial charge is 0.0395 e. The van der Waals surface area contributed by atoms with Crippen LogP contribution in [0.25, 0.3) is 0 Å². The predicted molar refractivity (Wildman–Crippen MR) is 85.8 cm³/mol. The van der Waals surface area contributed by atoms with E-state index in [9.17, 15) is 0 Å². The van der Waals surface area contributed by atoms with Crippen molar-refractivity contribution in [3.8, 4) is 0 Å². The van der Waals surface area contributed by atoms with Crippen molar-refractivity contribution >= 4 is 5.69 Å².